The second-order valence-corrected chi connectivity index (χ2v) is 8.11. The number of halogens is 1. The maximum absolute atomic E-state index is 12.5. The number of non-ortho nitro benzene ring substituents is 1. The molecule has 0 saturated heterocycles. The zero-order chi connectivity index (χ0) is 16.9. The highest BCUT2D eigenvalue weighted by molar-refractivity contribution is 6.33. The minimum absolute atomic E-state index is 0.0931. The lowest BCUT2D eigenvalue weighted by molar-refractivity contribution is -0.384. The van der Waals surface area contributed by atoms with Crippen LogP contribution >= 0.6 is 11.6 Å². The minimum atomic E-state index is -0.501. The van der Waals surface area contributed by atoms with Gasteiger partial charge in [0.25, 0.3) is 5.69 Å². The molecule has 4 aliphatic rings. The Kier molecular flexibility index (Phi) is 3.67. The Morgan fingerprint density at radius 2 is 1.75 bits per heavy atom. The molecule has 4 aliphatic carbocycles. The topological polar surface area (TPSA) is 84.3 Å². The third-order valence-electron chi connectivity index (χ3n) is 5.83. The van der Waals surface area contributed by atoms with Crippen LogP contribution in [0.3, 0.4) is 0 Å². The monoisotopic (exact) mass is 349 g/mol. The van der Waals surface area contributed by atoms with Crippen molar-refractivity contribution in [3.63, 3.8) is 0 Å². The SMILES string of the molecule is O=C(Nc1cc([N+](=O)[O-])ccc1Cl)NC12CC3CC(CC(C3)C1)C2. The zero-order valence-electron chi connectivity index (χ0n) is 13.3. The number of nitrogens with one attached hydrogen (secondary N) is 2. The van der Waals surface area contributed by atoms with Crippen molar-refractivity contribution in [1.29, 1.82) is 0 Å². The summed E-state index contributed by atoms with van der Waals surface area (Å²) in [6.45, 7) is 0. The molecule has 0 radical (unpaired) electrons. The number of amides is 2. The maximum Gasteiger partial charge on any atom is 0.319 e. The van der Waals surface area contributed by atoms with E-state index in [1.165, 1.54) is 37.5 Å². The summed E-state index contributed by atoms with van der Waals surface area (Å²) in [6, 6.07) is 3.73. The average Bonchev–Trinajstić information content (AvgIpc) is 2.47. The van der Waals surface area contributed by atoms with Crippen molar-refractivity contribution >= 4 is 29.0 Å². The molecule has 1 aromatic carbocycles. The van der Waals surface area contributed by atoms with Crippen LogP contribution in [0.25, 0.3) is 0 Å². The van der Waals surface area contributed by atoms with Gasteiger partial charge in [-0.15, -0.1) is 0 Å². The fraction of sp³-hybridized carbons (Fsp3) is 0.588. The molecular weight excluding hydrogens is 330 g/mol. The first-order valence-electron chi connectivity index (χ1n) is 8.45. The number of carbonyl (C=O) groups is 1. The molecular formula is C17H20ClN3O3. The molecule has 4 fully saturated rings. The van der Waals surface area contributed by atoms with Gasteiger partial charge in [0.15, 0.2) is 0 Å². The number of anilines is 1. The van der Waals surface area contributed by atoms with Crippen molar-refractivity contribution < 1.29 is 9.72 Å². The smallest absolute Gasteiger partial charge is 0.319 e. The number of rotatable bonds is 3. The van der Waals surface area contributed by atoms with Gasteiger partial charge >= 0.3 is 6.03 Å². The Labute approximate surface area is 145 Å². The van der Waals surface area contributed by atoms with Crippen molar-refractivity contribution in [2.24, 2.45) is 17.8 Å². The van der Waals surface area contributed by atoms with Crippen LogP contribution in [0.1, 0.15) is 38.5 Å². The van der Waals surface area contributed by atoms with Gasteiger partial charge in [0.2, 0.25) is 0 Å². The predicted molar refractivity (Wildman–Crippen MR) is 91.2 cm³/mol. The van der Waals surface area contributed by atoms with Crippen molar-refractivity contribution in [3.05, 3.63) is 33.3 Å². The standard InChI is InChI=1S/C17H20ClN3O3/c18-14-2-1-13(21(23)24)6-15(14)19-16(22)20-17-7-10-3-11(8-17)5-12(4-10)9-17/h1-2,6,10-12H,3-5,7-9H2,(H2,19,20,22). The van der Waals surface area contributed by atoms with E-state index in [0.29, 0.717) is 5.02 Å². The minimum Gasteiger partial charge on any atom is -0.332 e. The Hall–Kier alpha value is -1.82. The summed E-state index contributed by atoms with van der Waals surface area (Å²) in [6.07, 6.45) is 7.07. The van der Waals surface area contributed by atoms with E-state index < -0.39 is 4.92 Å². The van der Waals surface area contributed by atoms with Gasteiger partial charge in [0.1, 0.15) is 0 Å². The molecule has 0 atom stereocenters. The van der Waals surface area contributed by atoms with Crippen LogP contribution in [0.2, 0.25) is 5.02 Å². The van der Waals surface area contributed by atoms with E-state index in [1.807, 2.05) is 0 Å². The summed E-state index contributed by atoms with van der Waals surface area (Å²) >= 11 is 6.06. The first kappa shape index (κ1) is 15.7. The molecule has 0 heterocycles. The molecule has 7 heteroatoms. The summed E-state index contributed by atoms with van der Waals surface area (Å²) in [5.41, 5.74) is 0.0732. The molecule has 4 saturated carbocycles. The summed E-state index contributed by atoms with van der Waals surface area (Å²) in [4.78, 5) is 22.9. The van der Waals surface area contributed by atoms with Gasteiger partial charge in [-0.2, -0.15) is 0 Å². The predicted octanol–water partition coefficient (Wildman–Crippen LogP) is 4.34. The largest absolute Gasteiger partial charge is 0.332 e. The summed E-state index contributed by atoms with van der Waals surface area (Å²) < 4.78 is 0. The van der Waals surface area contributed by atoms with Gasteiger partial charge in [-0.1, -0.05) is 11.6 Å². The van der Waals surface area contributed by atoms with Crippen LogP contribution in [0.5, 0.6) is 0 Å². The molecule has 24 heavy (non-hydrogen) atoms. The third-order valence-corrected chi connectivity index (χ3v) is 6.16. The first-order valence-corrected chi connectivity index (χ1v) is 8.83. The molecule has 0 aliphatic heterocycles. The Morgan fingerprint density at radius 3 is 2.29 bits per heavy atom. The van der Waals surface area contributed by atoms with E-state index in [9.17, 15) is 14.9 Å². The summed E-state index contributed by atoms with van der Waals surface area (Å²) in [7, 11) is 0. The van der Waals surface area contributed by atoms with E-state index in [2.05, 4.69) is 10.6 Å². The van der Waals surface area contributed by atoms with Gasteiger partial charge in [-0.3, -0.25) is 10.1 Å². The number of hydrogen-bond acceptors (Lipinski definition) is 3. The molecule has 2 N–H and O–H groups in total. The van der Waals surface area contributed by atoms with E-state index >= 15 is 0 Å². The van der Waals surface area contributed by atoms with Gasteiger partial charge < -0.3 is 10.6 Å². The lowest BCUT2D eigenvalue weighted by Gasteiger charge is -2.56. The first-order chi connectivity index (χ1) is 11.4. The number of urea groups is 1. The number of hydrogen-bond donors (Lipinski definition) is 2. The van der Waals surface area contributed by atoms with Crippen LogP contribution in [0, 0.1) is 27.9 Å². The van der Waals surface area contributed by atoms with E-state index in [0.717, 1.165) is 37.0 Å². The summed E-state index contributed by atoms with van der Waals surface area (Å²) in [5, 5.41) is 17.0. The fourth-order valence-electron chi connectivity index (χ4n) is 5.38. The van der Waals surface area contributed by atoms with Crippen molar-refractivity contribution in [2.75, 3.05) is 5.32 Å². The highest BCUT2D eigenvalue weighted by atomic mass is 35.5. The highest BCUT2D eigenvalue weighted by Crippen LogP contribution is 2.55. The van der Waals surface area contributed by atoms with E-state index in [-0.39, 0.29) is 22.9 Å². The van der Waals surface area contributed by atoms with Crippen LogP contribution < -0.4 is 10.6 Å². The molecule has 0 unspecified atom stereocenters. The molecule has 128 valence electrons. The van der Waals surface area contributed by atoms with Crippen molar-refractivity contribution in [1.82, 2.24) is 5.32 Å². The van der Waals surface area contributed by atoms with E-state index in [4.69, 9.17) is 11.6 Å². The normalized spacial score (nSPS) is 33.3. The molecule has 4 bridgehead atoms. The lowest BCUT2D eigenvalue weighted by atomic mass is 9.53. The second-order valence-electron chi connectivity index (χ2n) is 7.70. The molecule has 0 aromatic heterocycles. The van der Waals surface area contributed by atoms with Gasteiger partial charge in [-0.25, -0.2) is 4.79 Å². The van der Waals surface area contributed by atoms with Crippen LogP contribution in [-0.2, 0) is 0 Å². The number of nitro groups is 1. The Morgan fingerprint density at radius 1 is 1.17 bits per heavy atom. The Bertz CT molecular complexity index is 671. The van der Waals surface area contributed by atoms with Gasteiger partial charge in [0, 0.05) is 17.7 Å². The van der Waals surface area contributed by atoms with Crippen LogP contribution in [0.4, 0.5) is 16.2 Å². The molecule has 6 nitrogen and oxygen atoms in total. The quantitative estimate of drug-likeness (QED) is 0.628. The van der Waals surface area contributed by atoms with Crippen molar-refractivity contribution in [2.45, 2.75) is 44.1 Å². The lowest BCUT2D eigenvalue weighted by Crippen LogP contribution is -2.60. The summed E-state index contributed by atoms with van der Waals surface area (Å²) in [5.74, 6) is 2.20. The maximum atomic E-state index is 12.5. The highest BCUT2D eigenvalue weighted by Gasteiger charge is 2.51. The molecule has 1 aromatic rings. The fourth-order valence-corrected chi connectivity index (χ4v) is 5.55. The van der Waals surface area contributed by atoms with Gasteiger partial charge in [0.05, 0.1) is 15.6 Å². The molecule has 0 spiro atoms. The van der Waals surface area contributed by atoms with Crippen LogP contribution in [0.15, 0.2) is 18.2 Å². The third kappa shape index (κ3) is 2.83. The molecule has 5 rings (SSSR count). The van der Waals surface area contributed by atoms with Crippen LogP contribution in [-0.4, -0.2) is 16.5 Å². The number of nitro benzene ring substituents is 1. The Balaban J connectivity index is 1.48. The number of carbonyl (C=O) groups excluding carboxylic acids is 1. The molecule has 2 amide bonds. The average molecular weight is 350 g/mol. The zero-order valence-corrected chi connectivity index (χ0v) is 14.0. The number of benzene rings is 1. The van der Waals surface area contributed by atoms with Gasteiger partial charge in [-0.05, 0) is 62.3 Å². The second kappa shape index (κ2) is 5.62. The van der Waals surface area contributed by atoms with Crippen molar-refractivity contribution in [3.8, 4) is 0 Å². The number of nitrogens with zero attached hydrogens (tertiary/aromatic N) is 1. The van der Waals surface area contributed by atoms with E-state index in [1.54, 1.807) is 0 Å².